The lowest BCUT2D eigenvalue weighted by Crippen LogP contribution is -2.31. The van der Waals surface area contributed by atoms with Gasteiger partial charge in [-0.3, -0.25) is 4.79 Å². The molecule has 0 aliphatic carbocycles. The highest BCUT2D eigenvalue weighted by Crippen LogP contribution is 1.99. The van der Waals surface area contributed by atoms with E-state index in [1.54, 1.807) is 0 Å². The number of carboxylic acids is 3. The smallest absolute Gasteiger partial charge is 0.376 e. The maximum absolute atomic E-state index is 10.5. The minimum atomic E-state index is -1.93. The van der Waals surface area contributed by atoms with E-state index in [2.05, 4.69) is 0 Å². The van der Waals surface area contributed by atoms with Gasteiger partial charge >= 0.3 is 5.97 Å². The van der Waals surface area contributed by atoms with Gasteiger partial charge in [-0.25, -0.2) is 4.79 Å². The summed E-state index contributed by atoms with van der Waals surface area (Å²) in [7, 11) is 0. The normalized spacial score (nSPS) is 10.7. The average Bonchev–Trinajstić information content (AvgIpc) is 2.01. The van der Waals surface area contributed by atoms with Crippen molar-refractivity contribution in [2.24, 2.45) is 0 Å². The van der Waals surface area contributed by atoms with E-state index in [1.807, 2.05) is 0 Å². The van der Waals surface area contributed by atoms with Crippen molar-refractivity contribution in [2.45, 2.75) is 6.42 Å². The summed E-state index contributed by atoms with van der Waals surface area (Å²) in [6, 6.07) is 0. The van der Waals surface area contributed by atoms with E-state index in [0.29, 0.717) is 0 Å². The minimum absolute atomic E-state index is 0.174. The Labute approximate surface area is 77.3 Å². The number of rotatable bonds is 5. The van der Waals surface area contributed by atoms with Crippen molar-refractivity contribution in [2.75, 3.05) is 0 Å². The van der Waals surface area contributed by atoms with E-state index in [9.17, 15) is 29.4 Å². The highest BCUT2D eigenvalue weighted by atomic mass is 16.4. The van der Waals surface area contributed by atoms with Gasteiger partial charge in [-0.15, -0.1) is 0 Å². The first-order valence-corrected chi connectivity index (χ1v) is 3.23. The molecule has 0 saturated heterocycles. The van der Waals surface area contributed by atoms with E-state index in [0.717, 1.165) is 0 Å². The second kappa shape index (κ2) is 4.75. The predicted molar refractivity (Wildman–Crippen MR) is 35.4 cm³/mol. The Bertz CT molecular complexity index is 325. The summed E-state index contributed by atoms with van der Waals surface area (Å²) in [6.07, 6.45) is -0.908. The van der Waals surface area contributed by atoms with E-state index in [1.165, 1.54) is 0 Å². The van der Waals surface area contributed by atoms with E-state index in [-0.39, 0.29) is 6.08 Å². The van der Waals surface area contributed by atoms with Gasteiger partial charge in [0.1, 0.15) is 0 Å². The molecular weight excluding hydrogens is 196 g/mol. The molecule has 0 heterocycles. The van der Waals surface area contributed by atoms with Crippen LogP contribution in [-0.4, -0.2) is 28.8 Å². The van der Waals surface area contributed by atoms with Gasteiger partial charge in [-0.05, 0) is 11.6 Å². The fourth-order valence-corrected chi connectivity index (χ4v) is 0.558. The quantitative estimate of drug-likeness (QED) is 0.358. The lowest BCUT2D eigenvalue weighted by molar-refractivity contribution is -0.309. The molecule has 0 spiro atoms. The third-order valence-electron chi connectivity index (χ3n) is 1.11. The van der Waals surface area contributed by atoms with E-state index < -0.39 is 35.7 Å². The zero-order valence-electron chi connectivity index (χ0n) is 6.68. The van der Waals surface area contributed by atoms with Crippen LogP contribution < -0.4 is 10.2 Å². The number of aliphatic carboxylic acids is 3. The number of ketones is 1. The fraction of sp³-hybridized carbons (Fsp3) is 0.143. The summed E-state index contributed by atoms with van der Waals surface area (Å²) in [5.74, 6) is -7.10. The van der Waals surface area contributed by atoms with Gasteiger partial charge in [0.2, 0.25) is 0 Å². The summed E-state index contributed by atoms with van der Waals surface area (Å²) in [5, 5.41) is 28.2. The maximum Gasteiger partial charge on any atom is 0.376 e. The molecule has 0 rings (SSSR count). The molecule has 14 heavy (non-hydrogen) atoms. The molecule has 7 heteroatoms. The number of carbonyl (C=O) groups excluding carboxylic acids is 3. The Morgan fingerprint density at radius 3 is 1.93 bits per heavy atom. The summed E-state index contributed by atoms with van der Waals surface area (Å²) in [4.78, 5) is 40.6. The second-order valence-corrected chi connectivity index (χ2v) is 2.18. The largest absolute Gasteiger partial charge is 0.550 e. The van der Waals surface area contributed by atoms with Gasteiger partial charge in [-0.1, -0.05) is 0 Å². The molecule has 0 aromatic rings. The molecule has 0 atom stereocenters. The van der Waals surface area contributed by atoms with Gasteiger partial charge < -0.3 is 24.9 Å². The Morgan fingerprint density at radius 2 is 1.64 bits per heavy atom. The van der Waals surface area contributed by atoms with Gasteiger partial charge in [0.25, 0.3) is 5.78 Å². The minimum Gasteiger partial charge on any atom is -0.550 e. The summed E-state index contributed by atoms with van der Waals surface area (Å²) in [5.41, 5.74) is -0.947. The van der Waals surface area contributed by atoms with Crippen LogP contribution in [0.5, 0.6) is 0 Å². The maximum atomic E-state index is 10.5. The SMILES string of the molecule is O=C([O-])C/C(=C/C(=O)C(=O)O)C(=O)[O-]. The van der Waals surface area contributed by atoms with Crippen LogP contribution in [0.1, 0.15) is 6.42 Å². The standard InChI is InChI=1S/C7H6O7/c8-4(7(13)14)1-3(6(11)12)2-5(9)10/h1H,2H2,(H,9,10)(H,11,12)(H,13,14)/p-2/b3-1-. The Morgan fingerprint density at radius 1 is 1.14 bits per heavy atom. The van der Waals surface area contributed by atoms with Crippen LogP contribution in [0.15, 0.2) is 11.6 Å². The van der Waals surface area contributed by atoms with Gasteiger partial charge in [-0.2, -0.15) is 0 Å². The van der Waals surface area contributed by atoms with Crippen molar-refractivity contribution >= 4 is 23.7 Å². The first kappa shape index (κ1) is 11.8. The summed E-state index contributed by atoms with van der Waals surface area (Å²) < 4.78 is 0. The van der Waals surface area contributed by atoms with Crippen LogP contribution in [0.4, 0.5) is 0 Å². The lowest BCUT2D eigenvalue weighted by Gasteiger charge is -2.07. The van der Waals surface area contributed by atoms with Gasteiger partial charge in [0.05, 0.1) is 5.97 Å². The number of hydrogen-bond donors (Lipinski definition) is 1. The van der Waals surface area contributed by atoms with E-state index in [4.69, 9.17) is 5.11 Å². The molecule has 76 valence electrons. The predicted octanol–water partition coefficient (Wildman–Crippen LogP) is -3.54. The van der Waals surface area contributed by atoms with Crippen molar-refractivity contribution in [3.8, 4) is 0 Å². The van der Waals surface area contributed by atoms with Gasteiger partial charge in [0, 0.05) is 12.4 Å². The first-order chi connectivity index (χ1) is 6.34. The molecule has 7 nitrogen and oxygen atoms in total. The Balaban J connectivity index is 4.82. The zero-order chi connectivity index (χ0) is 11.3. The molecule has 0 saturated carbocycles. The van der Waals surface area contributed by atoms with Crippen molar-refractivity contribution in [3.63, 3.8) is 0 Å². The molecule has 1 N–H and O–H groups in total. The number of hydrogen-bond acceptors (Lipinski definition) is 6. The molecular formula is C7H4O7-2. The summed E-state index contributed by atoms with van der Waals surface area (Å²) >= 11 is 0. The monoisotopic (exact) mass is 200 g/mol. The summed E-state index contributed by atoms with van der Waals surface area (Å²) in [6.45, 7) is 0. The third-order valence-corrected chi connectivity index (χ3v) is 1.11. The molecule has 0 aliphatic rings. The average molecular weight is 200 g/mol. The van der Waals surface area contributed by atoms with Crippen LogP contribution in [0, 0.1) is 0 Å². The number of carboxylic acid groups (broad SMARTS) is 3. The molecule has 0 bridgehead atoms. The zero-order valence-corrected chi connectivity index (χ0v) is 6.68. The van der Waals surface area contributed by atoms with Crippen LogP contribution >= 0.6 is 0 Å². The van der Waals surface area contributed by atoms with Crippen molar-refractivity contribution in [1.29, 1.82) is 0 Å². The molecule has 0 aromatic carbocycles. The molecule has 0 fully saturated rings. The molecule has 0 unspecified atom stereocenters. The molecule has 0 aliphatic heterocycles. The van der Waals surface area contributed by atoms with Gasteiger partial charge in [0.15, 0.2) is 0 Å². The second-order valence-electron chi connectivity index (χ2n) is 2.18. The highest BCUT2D eigenvalue weighted by molar-refractivity contribution is 6.38. The van der Waals surface area contributed by atoms with Crippen LogP contribution in [0.25, 0.3) is 0 Å². The fourth-order valence-electron chi connectivity index (χ4n) is 0.558. The van der Waals surface area contributed by atoms with Crippen LogP contribution in [0.2, 0.25) is 0 Å². The van der Waals surface area contributed by atoms with Crippen molar-refractivity contribution in [1.82, 2.24) is 0 Å². The van der Waals surface area contributed by atoms with Crippen LogP contribution in [-0.2, 0) is 19.2 Å². The van der Waals surface area contributed by atoms with Crippen molar-refractivity contribution < 1.29 is 34.5 Å². The molecule has 0 radical (unpaired) electrons. The Hall–Kier alpha value is -2.18. The topological polar surface area (TPSA) is 135 Å². The van der Waals surface area contributed by atoms with Crippen LogP contribution in [0.3, 0.4) is 0 Å². The van der Waals surface area contributed by atoms with E-state index >= 15 is 0 Å². The first-order valence-electron chi connectivity index (χ1n) is 3.23. The number of carbonyl (C=O) groups is 4. The Kier molecular flexibility index (Phi) is 4.01. The third kappa shape index (κ3) is 4.00. The molecule has 0 amide bonds. The lowest BCUT2D eigenvalue weighted by atomic mass is 10.1. The van der Waals surface area contributed by atoms with Crippen molar-refractivity contribution in [3.05, 3.63) is 11.6 Å². The molecule has 0 aromatic heterocycles. The highest BCUT2D eigenvalue weighted by Gasteiger charge is 2.10.